The minimum atomic E-state index is 0.557. The highest BCUT2D eigenvalue weighted by Crippen LogP contribution is 2.31. The fraction of sp³-hybridized carbons (Fsp3) is 0.364. The van der Waals surface area contributed by atoms with E-state index < -0.39 is 0 Å². The maximum absolute atomic E-state index is 5.47. The Morgan fingerprint density at radius 3 is 2.57 bits per heavy atom. The van der Waals surface area contributed by atoms with Gasteiger partial charge in [0.1, 0.15) is 5.82 Å². The van der Waals surface area contributed by atoms with Gasteiger partial charge in [0.2, 0.25) is 0 Å². The first-order valence-electron chi connectivity index (χ1n) is 10.0. The molecule has 2 aromatic carbocycles. The molecule has 1 fully saturated rings. The molecule has 1 aliphatic heterocycles. The van der Waals surface area contributed by atoms with Crippen molar-refractivity contribution in [3.63, 3.8) is 0 Å². The highest BCUT2D eigenvalue weighted by atomic mass is 16.5. The largest absolute Gasteiger partial charge is 0.465 e. The Bertz CT molecular complexity index is 1120. The first-order valence-corrected chi connectivity index (χ1v) is 10.0. The second-order valence-corrected chi connectivity index (χ2v) is 7.65. The van der Waals surface area contributed by atoms with Crippen LogP contribution in [0.2, 0.25) is 0 Å². The average molecular weight is 375 g/mol. The fourth-order valence-electron chi connectivity index (χ4n) is 4.09. The van der Waals surface area contributed by atoms with Gasteiger partial charge in [-0.1, -0.05) is 6.07 Å². The summed E-state index contributed by atoms with van der Waals surface area (Å²) in [6, 6.07) is 13.4. The molecule has 1 aliphatic rings. The average Bonchev–Trinajstić information content (AvgIpc) is 3.31. The van der Waals surface area contributed by atoms with Crippen LogP contribution in [0.25, 0.3) is 33.5 Å². The topological polar surface area (TPSA) is 69.8 Å². The van der Waals surface area contributed by atoms with Gasteiger partial charge < -0.3 is 19.6 Å². The second-order valence-electron chi connectivity index (χ2n) is 7.65. The smallest absolute Gasteiger partial charge is 0.294 e. The molecule has 2 aromatic heterocycles. The van der Waals surface area contributed by atoms with Gasteiger partial charge in [0.05, 0.1) is 28.7 Å². The van der Waals surface area contributed by atoms with Crippen molar-refractivity contribution in [2.24, 2.45) is 0 Å². The van der Waals surface area contributed by atoms with Gasteiger partial charge in [-0.05, 0) is 81.7 Å². The maximum atomic E-state index is 5.47. The van der Waals surface area contributed by atoms with E-state index in [1.54, 1.807) is 0 Å². The number of hydrogen-bond donors (Lipinski definition) is 2. The van der Waals surface area contributed by atoms with Crippen LogP contribution in [-0.4, -0.2) is 51.6 Å². The molecule has 1 saturated heterocycles. The highest BCUT2D eigenvalue weighted by Gasteiger charge is 2.19. The van der Waals surface area contributed by atoms with Crippen molar-refractivity contribution in [2.45, 2.75) is 25.7 Å². The van der Waals surface area contributed by atoms with Crippen LogP contribution in [0.5, 0.6) is 6.01 Å². The quantitative estimate of drug-likeness (QED) is 0.557. The van der Waals surface area contributed by atoms with E-state index in [1.807, 2.05) is 19.1 Å². The molecule has 0 atom stereocenters. The number of hydrogen-bond acceptors (Lipinski definition) is 4. The Hall–Kier alpha value is -2.86. The number of benzene rings is 2. The lowest BCUT2D eigenvalue weighted by Crippen LogP contribution is -2.29. The fourth-order valence-corrected chi connectivity index (χ4v) is 4.09. The SMILES string of the molecule is CCOc1nc2cc(-c3nc4cc(C5CCN(C)CC5)ccc4[nH]3)ccc2[nH]1. The van der Waals surface area contributed by atoms with Crippen molar-refractivity contribution < 1.29 is 4.74 Å². The lowest BCUT2D eigenvalue weighted by atomic mass is 9.89. The first kappa shape index (κ1) is 17.3. The number of nitrogens with one attached hydrogen (secondary N) is 2. The molecule has 3 heterocycles. The molecule has 144 valence electrons. The molecular formula is C22H25N5O. The van der Waals surface area contributed by atoms with Crippen LogP contribution in [0.15, 0.2) is 36.4 Å². The van der Waals surface area contributed by atoms with Crippen LogP contribution in [0.1, 0.15) is 31.2 Å². The minimum Gasteiger partial charge on any atom is -0.465 e. The molecule has 0 amide bonds. The van der Waals surface area contributed by atoms with E-state index in [4.69, 9.17) is 9.72 Å². The number of H-pyrrole nitrogens is 2. The highest BCUT2D eigenvalue weighted by molar-refractivity contribution is 5.84. The van der Waals surface area contributed by atoms with E-state index in [1.165, 1.54) is 31.5 Å². The standard InChI is InChI=1S/C22H25N5O/c1-3-28-22-25-18-7-5-16(13-20(18)26-22)21-23-17-6-4-15(12-19(17)24-21)14-8-10-27(2)11-9-14/h4-7,12-14H,3,8-11H2,1-2H3,(H,23,24)(H,25,26). The number of nitrogens with zero attached hydrogens (tertiary/aromatic N) is 3. The normalized spacial score (nSPS) is 16.2. The van der Waals surface area contributed by atoms with E-state index >= 15 is 0 Å². The third-order valence-electron chi connectivity index (χ3n) is 5.71. The molecule has 0 saturated carbocycles. The molecule has 5 rings (SSSR count). The maximum Gasteiger partial charge on any atom is 0.294 e. The number of ether oxygens (including phenoxy) is 1. The summed E-state index contributed by atoms with van der Waals surface area (Å²) in [5.41, 5.74) is 6.38. The van der Waals surface area contributed by atoms with Crippen LogP contribution in [-0.2, 0) is 0 Å². The molecule has 28 heavy (non-hydrogen) atoms. The van der Waals surface area contributed by atoms with Crippen molar-refractivity contribution in [2.75, 3.05) is 26.7 Å². The Morgan fingerprint density at radius 1 is 1.00 bits per heavy atom. The summed E-state index contributed by atoms with van der Waals surface area (Å²) in [6.07, 6.45) is 2.44. The molecule has 4 aromatic rings. The molecule has 6 nitrogen and oxygen atoms in total. The van der Waals surface area contributed by atoms with E-state index in [0.29, 0.717) is 18.5 Å². The Balaban J connectivity index is 1.46. The Labute approximate surface area is 163 Å². The van der Waals surface area contributed by atoms with Gasteiger partial charge in [-0.15, -0.1) is 0 Å². The third kappa shape index (κ3) is 3.14. The molecule has 0 radical (unpaired) electrons. The summed E-state index contributed by atoms with van der Waals surface area (Å²) in [6.45, 7) is 4.88. The Kier molecular flexibility index (Phi) is 4.28. The predicted octanol–water partition coefficient (Wildman–Crippen LogP) is 4.31. The number of fused-ring (bicyclic) bond motifs is 2. The predicted molar refractivity (Wildman–Crippen MR) is 112 cm³/mol. The first-order chi connectivity index (χ1) is 13.7. The van der Waals surface area contributed by atoms with Gasteiger partial charge in [-0.3, -0.25) is 0 Å². The van der Waals surface area contributed by atoms with Crippen molar-refractivity contribution in [1.29, 1.82) is 0 Å². The summed E-state index contributed by atoms with van der Waals surface area (Å²) < 4.78 is 5.47. The zero-order valence-corrected chi connectivity index (χ0v) is 16.3. The van der Waals surface area contributed by atoms with Crippen LogP contribution >= 0.6 is 0 Å². The third-order valence-corrected chi connectivity index (χ3v) is 5.71. The molecule has 6 heteroatoms. The van der Waals surface area contributed by atoms with E-state index in [-0.39, 0.29) is 0 Å². The number of rotatable bonds is 4. The van der Waals surface area contributed by atoms with Gasteiger partial charge in [0.25, 0.3) is 6.01 Å². The summed E-state index contributed by atoms with van der Waals surface area (Å²) in [7, 11) is 2.20. The number of likely N-dealkylation sites (tertiary alicyclic amines) is 1. The van der Waals surface area contributed by atoms with Crippen molar-refractivity contribution >= 4 is 22.1 Å². The van der Waals surface area contributed by atoms with Crippen LogP contribution in [0, 0.1) is 0 Å². The molecule has 0 aliphatic carbocycles. The number of aromatic nitrogens is 4. The Morgan fingerprint density at radius 2 is 1.75 bits per heavy atom. The van der Waals surface area contributed by atoms with Gasteiger partial charge >= 0.3 is 0 Å². The van der Waals surface area contributed by atoms with E-state index in [9.17, 15) is 0 Å². The second kappa shape index (κ2) is 6.95. The van der Waals surface area contributed by atoms with Crippen molar-refractivity contribution in [1.82, 2.24) is 24.8 Å². The number of aromatic amines is 2. The van der Waals surface area contributed by atoms with E-state index in [0.717, 1.165) is 33.5 Å². The van der Waals surface area contributed by atoms with Crippen molar-refractivity contribution in [3.05, 3.63) is 42.0 Å². The molecule has 0 unspecified atom stereocenters. The molecule has 0 spiro atoms. The summed E-state index contributed by atoms with van der Waals surface area (Å²) >= 11 is 0. The van der Waals surface area contributed by atoms with Gasteiger partial charge in [-0.25, -0.2) is 4.98 Å². The van der Waals surface area contributed by atoms with Gasteiger partial charge in [0, 0.05) is 5.56 Å². The molecular weight excluding hydrogens is 350 g/mol. The van der Waals surface area contributed by atoms with Gasteiger partial charge in [-0.2, -0.15) is 4.98 Å². The summed E-state index contributed by atoms with van der Waals surface area (Å²) in [5.74, 6) is 1.51. The zero-order valence-electron chi connectivity index (χ0n) is 16.3. The van der Waals surface area contributed by atoms with Crippen LogP contribution < -0.4 is 4.74 Å². The number of imidazole rings is 2. The summed E-state index contributed by atoms with van der Waals surface area (Å²) in [5, 5.41) is 0. The number of piperidine rings is 1. The van der Waals surface area contributed by atoms with Crippen LogP contribution in [0.4, 0.5) is 0 Å². The molecule has 0 bridgehead atoms. The lowest BCUT2D eigenvalue weighted by Gasteiger charge is -2.29. The van der Waals surface area contributed by atoms with E-state index in [2.05, 4.69) is 51.2 Å². The minimum absolute atomic E-state index is 0.557. The molecule has 2 N–H and O–H groups in total. The lowest BCUT2D eigenvalue weighted by molar-refractivity contribution is 0.255. The monoisotopic (exact) mass is 375 g/mol. The van der Waals surface area contributed by atoms with Gasteiger partial charge in [0.15, 0.2) is 0 Å². The summed E-state index contributed by atoms with van der Waals surface area (Å²) in [4.78, 5) is 18.4. The zero-order chi connectivity index (χ0) is 19.1. The van der Waals surface area contributed by atoms with Crippen LogP contribution in [0.3, 0.4) is 0 Å². The van der Waals surface area contributed by atoms with Crippen molar-refractivity contribution in [3.8, 4) is 17.4 Å².